The van der Waals surface area contributed by atoms with E-state index in [1.54, 1.807) is 28.6 Å². The fourth-order valence-electron chi connectivity index (χ4n) is 3.18. The van der Waals surface area contributed by atoms with Gasteiger partial charge in [-0.3, -0.25) is 0 Å². The van der Waals surface area contributed by atoms with Gasteiger partial charge < -0.3 is 10.4 Å². The van der Waals surface area contributed by atoms with E-state index in [9.17, 15) is 13.5 Å². The Labute approximate surface area is 142 Å². The number of rotatable bonds is 5. The number of aromatic hydroxyl groups is 1. The lowest BCUT2D eigenvalue weighted by atomic mass is 10.1. The average Bonchev–Trinajstić information content (AvgIpc) is 2.60. The molecule has 1 aliphatic heterocycles. The van der Waals surface area contributed by atoms with Crippen molar-refractivity contribution in [2.75, 3.05) is 19.6 Å². The van der Waals surface area contributed by atoms with Gasteiger partial charge in [-0.25, -0.2) is 13.4 Å². The normalized spacial score (nSPS) is 17.4. The molecule has 130 valence electrons. The molecule has 1 aromatic carbocycles. The van der Waals surface area contributed by atoms with Crippen molar-refractivity contribution in [2.24, 2.45) is 0 Å². The first-order chi connectivity index (χ1) is 11.5. The third-order valence-electron chi connectivity index (χ3n) is 4.50. The third-order valence-corrected chi connectivity index (χ3v) is 6.46. The van der Waals surface area contributed by atoms with Crippen molar-refractivity contribution < 1.29 is 13.5 Å². The monoisotopic (exact) mass is 349 g/mol. The first-order valence-corrected chi connectivity index (χ1v) is 9.78. The molecule has 0 radical (unpaired) electrons. The molecule has 0 spiro atoms. The molecule has 7 heteroatoms. The van der Waals surface area contributed by atoms with E-state index in [0.717, 1.165) is 25.8 Å². The van der Waals surface area contributed by atoms with Crippen LogP contribution in [-0.2, 0) is 10.0 Å². The van der Waals surface area contributed by atoms with E-state index in [1.165, 1.54) is 6.20 Å². The van der Waals surface area contributed by atoms with Crippen LogP contribution in [0, 0.1) is 0 Å². The molecule has 3 rings (SSSR count). The molecule has 1 aromatic heterocycles. The van der Waals surface area contributed by atoms with Crippen molar-refractivity contribution in [1.82, 2.24) is 14.6 Å². The molecular formula is C17H23N3O3S. The van der Waals surface area contributed by atoms with E-state index >= 15 is 0 Å². The predicted molar refractivity (Wildman–Crippen MR) is 93.5 cm³/mol. The van der Waals surface area contributed by atoms with Crippen LogP contribution in [0.25, 0.3) is 10.8 Å². The van der Waals surface area contributed by atoms with Crippen molar-refractivity contribution in [1.29, 1.82) is 0 Å². The van der Waals surface area contributed by atoms with Crippen molar-refractivity contribution in [3.8, 4) is 5.88 Å². The highest BCUT2D eigenvalue weighted by molar-refractivity contribution is 7.89. The number of nitrogens with one attached hydrogen (secondary N) is 1. The second-order valence-electron chi connectivity index (χ2n) is 6.12. The van der Waals surface area contributed by atoms with E-state index in [1.807, 2.05) is 0 Å². The van der Waals surface area contributed by atoms with Crippen LogP contribution in [-0.4, -0.2) is 48.5 Å². The number of pyridine rings is 1. The Bertz CT molecular complexity index is 815. The number of hydrogen-bond donors (Lipinski definition) is 2. The summed E-state index contributed by atoms with van der Waals surface area (Å²) in [4.78, 5) is 4.05. The molecule has 0 atom stereocenters. The molecule has 2 aromatic rings. The van der Waals surface area contributed by atoms with E-state index in [0.29, 0.717) is 29.9 Å². The maximum absolute atomic E-state index is 13.0. The van der Waals surface area contributed by atoms with Gasteiger partial charge in [0, 0.05) is 36.1 Å². The topological polar surface area (TPSA) is 82.5 Å². The molecule has 6 nitrogen and oxygen atoms in total. The molecular weight excluding hydrogens is 326 g/mol. The summed E-state index contributed by atoms with van der Waals surface area (Å²) in [6.45, 7) is 4.11. The summed E-state index contributed by atoms with van der Waals surface area (Å²) >= 11 is 0. The Morgan fingerprint density at radius 3 is 2.71 bits per heavy atom. The number of hydrogen-bond acceptors (Lipinski definition) is 5. The molecule has 0 unspecified atom stereocenters. The van der Waals surface area contributed by atoms with Crippen LogP contribution in [0.5, 0.6) is 5.88 Å². The zero-order valence-electron chi connectivity index (χ0n) is 13.8. The molecule has 0 bridgehead atoms. The van der Waals surface area contributed by atoms with Gasteiger partial charge in [0.25, 0.3) is 0 Å². The van der Waals surface area contributed by atoms with Gasteiger partial charge >= 0.3 is 0 Å². The minimum Gasteiger partial charge on any atom is -0.493 e. The van der Waals surface area contributed by atoms with Crippen LogP contribution in [0.4, 0.5) is 0 Å². The van der Waals surface area contributed by atoms with Crippen molar-refractivity contribution in [3.05, 3.63) is 30.5 Å². The van der Waals surface area contributed by atoms with Gasteiger partial charge in [-0.05, 0) is 44.0 Å². The highest BCUT2D eigenvalue weighted by Crippen LogP contribution is 2.30. The number of aromatic nitrogens is 1. The van der Waals surface area contributed by atoms with Crippen molar-refractivity contribution >= 4 is 20.8 Å². The lowest BCUT2D eigenvalue weighted by Gasteiger charge is -2.32. The second kappa shape index (κ2) is 7.04. The summed E-state index contributed by atoms with van der Waals surface area (Å²) < 4.78 is 27.6. The van der Waals surface area contributed by atoms with Gasteiger partial charge in [0.2, 0.25) is 15.9 Å². The Balaban J connectivity index is 1.86. The molecule has 1 aliphatic rings. The van der Waals surface area contributed by atoms with Crippen LogP contribution >= 0.6 is 0 Å². The minimum atomic E-state index is -3.58. The van der Waals surface area contributed by atoms with E-state index in [2.05, 4.69) is 17.2 Å². The summed E-state index contributed by atoms with van der Waals surface area (Å²) in [5.41, 5.74) is 0. The fourth-order valence-corrected chi connectivity index (χ4v) is 4.85. The highest BCUT2D eigenvalue weighted by atomic mass is 32.2. The molecule has 0 amide bonds. The van der Waals surface area contributed by atoms with Crippen LogP contribution < -0.4 is 5.32 Å². The number of sulfonamides is 1. The van der Waals surface area contributed by atoms with Crippen LogP contribution in [0.15, 0.2) is 35.4 Å². The number of fused-ring (bicyclic) bond motifs is 1. The van der Waals surface area contributed by atoms with Crippen molar-refractivity contribution in [2.45, 2.75) is 37.1 Å². The van der Waals surface area contributed by atoms with E-state index in [-0.39, 0.29) is 10.8 Å². The zero-order valence-corrected chi connectivity index (χ0v) is 14.6. The van der Waals surface area contributed by atoms with Gasteiger partial charge in [0.1, 0.15) is 0 Å². The number of benzene rings is 1. The first kappa shape index (κ1) is 17.1. The van der Waals surface area contributed by atoms with Crippen LogP contribution in [0.2, 0.25) is 0 Å². The van der Waals surface area contributed by atoms with E-state index < -0.39 is 10.0 Å². The van der Waals surface area contributed by atoms with E-state index in [4.69, 9.17) is 0 Å². The quantitative estimate of drug-likeness (QED) is 0.864. The van der Waals surface area contributed by atoms with Gasteiger partial charge in [-0.1, -0.05) is 13.0 Å². The maximum Gasteiger partial charge on any atom is 0.243 e. The smallest absolute Gasteiger partial charge is 0.243 e. The van der Waals surface area contributed by atoms with Crippen LogP contribution in [0.1, 0.15) is 26.2 Å². The Morgan fingerprint density at radius 1 is 1.25 bits per heavy atom. The van der Waals surface area contributed by atoms with Crippen molar-refractivity contribution in [3.63, 3.8) is 0 Å². The van der Waals surface area contributed by atoms with Gasteiger partial charge in [0.05, 0.1) is 4.90 Å². The SMILES string of the molecule is CCCNC1CCN(S(=O)(=O)c2cccc3c(O)nccc23)CC1. The fraction of sp³-hybridized carbons (Fsp3) is 0.471. The predicted octanol–water partition coefficient (Wildman–Crippen LogP) is 2.09. The summed E-state index contributed by atoms with van der Waals surface area (Å²) in [7, 11) is -3.58. The molecule has 24 heavy (non-hydrogen) atoms. The highest BCUT2D eigenvalue weighted by Gasteiger charge is 2.30. The minimum absolute atomic E-state index is 0.146. The second-order valence-corrected chi connectivity index (χ2v) is 8.02. The molecule has 2 N–H and O–H groups in total. The molecule has 1 fully saturated rings. The summed E-state index contributed by atoms with van der Waals surface area (Å²) in [5, 5.41) is 14.3. The average molecular weight is 349 g/mol. The summed E-state index contributed by atoms with van der Waals surface area (Å²) in [5.74, 6) is -0.146. The largest absolute Gasteiger partial charge is 0.493 e. The van der Waals surface area contributed by atoms with Crippen LogP contribution in [0.3, 0.4) is 0 Å². The van der Waals surface area contributed by atoms with Gasteiger partial charge in [-0.15, -0.1) is 0 Å². The molecule has 0 saturated carbocycles. The zero-order chi connectivity index (χ0) is 17.2. The van der Waals surface area contributed by atoms with Gasteiger partial charge in [0.15, 0.2) is 0 Å². The lowest BCUT2D eigenvalue weighted by Crippen LogP contribution is -2.45. The molecule has 2 heterocycles. The number of piperidine rings is 1. The number of nitrogens with zero attached hydrogens (tertiary/aromatic N) is 2. The maximum atomic E-state index is 13.0. The first-order valence-electron chi connectivity index (χ1n) is 8.34. The summed E-state index contributed by atoms with van der Waals surface area (Å²) in [6, 6.07) is 6.94. The Hall–Kier alpha value is -1.70. The Kier molecular flexibility index (Phi) is 5.03. The standard InChI is InChI=1S/C17H23N3O3S/c1-2-9-18-13-7-11-20(12-8-13)24(22,23)16-5-3-4-15-14(16)6-10-19-17(15)21/h3-6,10,13,18H,2,7-9,11-12H2,1H3,(H,19,21). The third kappa shape index (κ3) is 3.24. The Morgan fingerprint density at radius 2 is 2.00 bits per heavy atom. The van der Waals surface area contributed by atoms with Gasteiger partial charge in [-0.2, -0.15) is 4.31 Å². The lowest BCUT2D eigenvalue weighted by molar-refractivity contribution is 0.290. The molecule has 1 saturated heterocycles. The molecule has 0 aliphatic carbocycles. The summed E-state index contributed by atoms with van der Waals surface area (Å²) in [6.07, 6.45) is 4.14.